The van der Waals surface area contributed by atoms with Crippen LogP contribution in [0.4, 0.5) is 0 Å². The van der Waals surface area contributed by atoms with Gasteiger partial charge in [-0.15, -0.1) is 0 Å². The van der Waals surface area contributed by atoms with E-state index < -0.39 is 0 Å². The highest BCUT2D eigenvalue weighted by Gasteiger charge is 2.30. The molecular weight excluding hydrogens is 358 g/mol. The summed E-state index contributed by atoms with van der Waals surface area (Å²) in [6.07, 6.45) is 4.24. The number of fused-ring (bicyclic) bond motifs is 4. The molecule has 0 N–H and O–H groups in total. The maximum Gasteiger partial charge on any atom is 0.157 e. The fourth-order valence-electron chi connectivity index (χ4n) is 4.44. The summed E-state index contributed by atoms with van der Waals surface area (Å²) >= 11 is 1.85. The van der Waals surface area contributed by atoms with Crippen LogP contribution >= 0.6 is 11.3 Å². The Morgan fingerprint density at radius 2 is 1.64 bits per heavy atom. The zero-order valence-corrected chi connectivity index (χ0v) is 17.6. The minimum absolute atomic E-state index is 1.21. The highest BCUT2D eigenvalue weighted by molar-refractivity contribution is 7.12. The number of nitrogens with zero attached hydrogens (tertiary/aromatic N) is 1. The molecule has 0 bridgehead atoms. The van der Waals surface area contributed by atoms with E-state index in [0.29, 0.717) is 0 Å². The molecule has 28 heavy (non-hydrogen) atoms. The second-order valence-electron chi connectivity index (χ2n) is 7.78. The van der Waals surface area contributed by atoms with Gasteiger partial charge in [0.1, 0.15) is 11.1 Å². The molecule has 1 aromatic heterocycles. The molecule has 0 radical (unpaired) electrons. The number of thiophene rings is 1. The van der Waals surface area contributed by atoms with Crippen LogP contribution < -0.4 is 0 Å². The molecule has 1 aliphatic rings. The molecule has 2 heterocycles. The van der Waals surface area contributed by atoms with Crippen LogP contribution in [0.25, 0.3) is 27.6 Å². The van der Waals surface area contributed by atoms with E-state index in [4.69, 9.17) is 0 Å². The zero-order valence-electron chi connectivity index (χ0n) is 16.8. The first-order valence-corrected chi connectivity index (χ1v) is 10.5. The van der Waals surface area contributed by atoms with Crippen molar-refractivity contribution in [3.05, 3.63) is 92.3 Å². The van der Waals surface area contributed by atoms with E-state index >= 15 is 0 Å². The van der Waals surface area contributed by atoms with Crippen molar-refractivity contribution in [2.75, 3.05) is 0 Å². The van der Waals surface area contributed by atoms with Crippen LogP contribution in [0.15, 0.2) is 48.7 Å². The van der Waals surface area contributed by atoms with Crippen molar-refractivity contribution in [3.8, 4) is 0 Å². The number of aryl methyl sites for hydroxylation is 4. The normalized spacial score (nSPS) is 13.6. The molecule has 4 aromatic rings. The molecule has 138 valence electrons. The van der Waals surface area contributed by atoms with Gasteiger partial charge in [-0.05, 0) is 59.0 Å². The first kappa shape index (κ1) is 17.3. The average Bonchev–Trinajstić information content (AvgIpc) is 3.06. The standard InChI is InChI=1S/C26H23NS/c1-15-12-24-21-9-7-6-8-20(21)17(3)18(4)23(24)14-22(15)25-26-19(10-11-27(25)5)13-16(2)28-26/h6-14H,5H2,1-4H3. The van der Waals surface area contributed by atoms with Crippen molar-refractivity contribution in [3.63, 3.8) is 0 Å². The number of hydrogen-bond donors (Lipinski definition) is 0. The first-order valence-electron chi connectivity index (χ1n) is 9.64. The van der Waals surface area contributed by atoms with E-state index in [-0.39, 0.29) is 0 Å². The molecule has 0 saturated heterocycles. The minimum atomic E-state index is 1.21. The van der Waals surface area contributed by atoms with Crippen molar-refractivity contribution in [1.82, 2.24) is 0 Å². The summed E-state index contributed by atoms with van der Waals surface area (Å²) in [4.78, 5) is 2.64. The average molecular weight is 382 g/mol. The second kappa shape index (κ2) is 6.08. The molecule has 0 aliphatic carbocycles. The van der Waals surface area contributed by atoms with Crippen LogP contribution in [0.3, 0.4) is 0 Å². The van der Waals surface area contributed by atoms with Crippen LogP contribution in [0.2, 0.25) is 0 Å². The van der Waals surface area contributed by atoms with Gasteiger partial charge >= 0.3 is 0 Å². The molecule has 0 amide bonds. The SMILES string of the molecule is C=[N+]1C=Cc2c[c-](C)[s+]c2[C-]1c1cc2c(C)c(C)c3ccccc3c2cc1C. The summed E-state index contributed by atoms with van der Waals surface area (Å²) in [7, 11) is 0. The number of rotatable bonds is 1. The topological polar surface area (TPSA) is 3.01 Å². The third kappa shape index (κ3) is 2.38. The minimum Gasteiger partial charge on any atom is -0.261 e. The van der Waals surface area contributed by atoms with Gasteiger partial charge in [0.05, 0.1) is 18.1 Å². The Hall–Kier alpha value is -2.84. The monoisotopic (exact) mass is 381 g/mol. The van der Waals surface area contributed by atoms with Gasteiger partial charge in [-0.3, -0.25) is 4.58 Å². The Morgan fingerprint density at radius 1 is 0.929 bits per heavy atom. The smallest absolute Gasteiger partial charge is 0.157 e. The molecule has 0 spiro atoms. The van der Waals surface area contributed by atoms with E-state index in [1.54, 1.807) is 0 Å². The lowest BCUT2D eigenvalue weighted by Gasteiger charge is -2.24. The summed E-state index contributed by atoms with van der Waals surface area (Å²) in [6, 6.07) is 17.0. The van der Waals surface area contributed by atoms with Crippen molar-refractivity contribution < 1.29 is 4.58 Å². The van der Waals surface area contributed by atoms with Crippen LogP contribution in [0.1, 0.15) is 37.6 Å². The second-order valence-corrected chi connectivity index (χ2v) is 9.04. The van der Waals surface area contributed by atoms with E-state index in [0.717, 1.165) is 0 Å². The third-order valence-electron chi connectivity index (χ3n) is 6.03. The Labute approximate surface area is 170 Å². The molecule has 5 rings (SSSR count). The summed E-state index contributed by atoms with van der Waals surface area (Å²) < 4.78 is 2.02. The Balaban J connectivity index is 1.83. The van der Waals surface area contributed by atoms with Gasteiger partial charge in [-0.2, -0.15) is 0 Å². The zero-order chi connectivity index (χ0) is 19.6. The van der Waals surface area contributed by atoms with Gasteiger partial charge in [0.15, 0.2) is 10.9 Å². The van der Waals surface area contributed by atoms with Crippen molar-refractivity contribution in [1.29, 1.82) is 0 Å². The molecule has 0 atom stereocenters. The quantitative estimate of drug-likeness (QED) is 0.146. The van der Waals surface area contributed by atoms with Gasteiger partial charge in [0.25, 0.3) is 0 Å². The van der Waals surface area contributed by atoms with Gasteiger partial charge in [0, 0.05) is 0 Å². The maximum absolute atomic E-state index is 4.29. The largest absolute Gasteiger partial charge is 0.261 e. The van der Waals surface area contributed by atoms with Gasteiger partial charge in [-0.1, -0.05) is 66.6 Å². The lowest BCUT2D eigenvalue weighted by atomic mass is 9.88. The lowest BCUT2D eigenvalue weighted by molar-refractivity contribution is -0.417. The molecule has 0 unspecified atom stereocenters. The summed E-state index contributed by atoms with van der Waals surface area (Å²) in [5, 5.41) is 5.36. The van der Waals surface area contributed by atoms with Crippen LogP contribution in [0, 0.1) is 33.7 Å². The van der Waals surface area contributed by atoms with Crippen LogP contribution in [-0.4, -0.2) is 11.3 Å². The van der Waals surface area contributed by atoms with E-state index in [9.17, 15) is 0 Å². The fourth-order valence-corrected chi connectivity index (χ4v) is 5.52. The van der Waals surface area contributed by atoms with Crippen LogP contribution in [0.5, 0.6) is 0 Å². The Bertz CT molecular complexity index is 1320. The van der Waals surface area contributed by atoms with E-state index in [1.165, 1.54) is 65.2 Å². The molecule has 1 aliphatic heterocycles. The van der Waals surface area contributed by atoms with Crippen molar-refractivity contribution in [2.45, 2.75) is 27.7 Å². The summed E-state index contributed by atoms with van der Waals surface area (Å²) in [5.41, 5.74) is 6.58. The molecule has 0 fully saturated rings. The number of benzene rings is 3. The van der Waals surface area contributed by atoms with E-state index in [2.05, 4.69) is 89.2 Å². The molecule has 3 aromatic carbocycles. The Kier molecular flexibility index (Phi) is 3.75. The van der Waals surface area contributed by atoms with Crippen LogP contribution in [-0.2, 0) is 0 Å². The molecule has 1 nitrogen and oxygen atoms in total. The summed E-state index contributed by atoms with van der Waals surface area (Å²) in [5.74, 6) is 0. The predicted octanol–water partition coefficient (Wildman–Crippen LogP) is 6.91. The Morgan fingerprint density at radius 3 is 2.43 bits per heavy atom. The van der Waals surface area contributed by atoms with Crippen molar-refractivity contribution >= 4 is 45.7 Å². The van der Waals surface area contributed by atoms with Gasteiger partial charge in [-0.25, -0.2) is 0 Å². The fraction of sp³-hybridized carbons (Fsp3) is 0.154. The molecule has 0 saturated carbocycles. The van der Waals surface area contributed by atoms with E-state index in [1.807, 2.05) is 15.9 Å². The predicted molar refractivity (Wildman–Crippen MR) is 123 cm³/mol. The first-order chi connectivity index (χ1) is 13.5. The third-order valence-corrected chi connectivity index (χ3v) is 7.10. The van der Waals surface area contributed by atoms with Gasteiger partial charge in [0.2, 0.25) is 0 Å². The molecular formula is C26H23NS. The summed E-state index contributed by atoms with van der Waals surface area (Å²) in [6.45, 7) is 13.2. The van der Waals surface area contributed by atoms with Crippen molar-refractivity contribution in [2.24, 2.45) is 0 Å². The van der Waals surface area contributed by atoms with Gasteiger partial charge < -0.3 is 0 Å². The highest BCUT2D eigenvalue weighted by Crippen LogP contribution is 2.41. The lowest BCUT2D eigenvalue weighted by Crippen LogP contribution is -2.18. The molecule has 2 heteroatoms. The maximum atomic E-state index is 4.29. The number of hydrogen-bond acceptors (Lipinski definition) is 0. The highest BCUT2D eigenvalue weighted by atomic mass is 32.1.